The Hall–Kier alpha value is -0.590. The van der Waals surface area contributed by atoms with Gasteiger partial charge in [0.2, 0.25) is 0 Å². The fraction of sp³-hybridized carbons (Fsp3) is 0.824. The standard InChI is InChI=1S/C17H32O/c1-4-6-7-8-9-10-11-12-13-15-16(3)17(18)14-5-2/h5,16H,2,4,6-15H2,1,3H3/t16-/m1/s1. The Morgan fingerprint density at radius 3 is 2.00 bits per heavy atom. The topological polar surface area (TPSA) is 17.1 Å². The van der Waals surface area contributed by atoms with Crippen molar-refractivity contribution in [3.8, 4) is 0 Å². The monoisotopic (exact) mass is 252 g/mol. The summed E-state index contributed by atoms with van der Waals surface area (Å²) in [5.41, 5.74) is 0. The lowest BCUT2D eigenvalue weighted by Gasteiger charge is -2.08. The van der Waals surface area contributed by atoms with Gasteiger partial charge < -0.3 is 0 Å². The molecule has 0 radical (unpaired) electrons. The molecule has 0 aliphatic heterocycles. The Morgan fingerprint density at radius 1 is 1.00 bits per heavy atom. The van der Waals surface area contributed by atoms with Gasteiger partial charge in [-0.2, -0.15) is 0 Å². The molecule has 0 fully saturated rings. The van der Waals surface area contributed by atoms with Crippen LogP contribution in [0.1, 0.15) is 84.5 Å². The van der Waals surface area contributed by atoms with Gasteiger partial charge in [-0.05, 0) is 6.42 Å². The van der Waals surface area contributed by atoms with E-state index in [0.717, 1.165) is 6.42 Å². The summed E-state index contributed by atoms with van der Waals surface area (Å²) in [4.78, 5) is 11.5. The normalized spacial score (nSPS) is 12.3. The molecule has 0 heterocycles. The smallest absolute Gasteiger partial charge is 0.139 e. The minimum absolute atomic E-state index is 0.229. The third kappa shape index (κ3) is 10.6. The molecule has 0 aliphatic carbocycles. The van der Waals surface area contributed by atoms with Crippen molar-refractivity contribution < 1.29 is 4.79 Å². The van der Waals surface area contributed by atoms with E-state index in [2.05, 4.69) is 20.4 Å². The van der Waals surface area contributed by atoms with E-state index >= 15 is 0 Å². The lowest BCUT2D eigenvalue weighted by Crippen LogP contribution is -2.09. The second kappa shape index (κ2) is 12.9. The molecule has 0 saturated heterocycles. The number of hydrogen-bond acceptors (Lipinski definition) is 1. The maximum atomic E-state index is 11.5. The van der Waals surface area contributed by atoms with Gasteiger partial charge in [0.15, 0.2) is 0 Å². The number of unbranched alkanes of at least 4 members (excludes halogenated alkanes) is 8. The van der Waals surface area contributed by atoms with Gasteiger partial charge in [0.05, 0.1) is 0 Å². The first-order chi connectivity index (χ1) is 8.72. The largest absolute Gasteiger partial charge is 0.299 e. The van der Waals surface area contributed by atoms with Gasteiger partial charge in [0.25, 0.3) is 0 Å². The Morgan fingerprint density at radius 2 is 1.50 bits per heavy atom. The van der Waals surface area contributed by atoms with Crippen LogP contribution in [0.5, 0.6) is 0 Å². The molecule has 0 aromatic heterocycles. The number of ketones is 1. The van der Waals surface area contributed by atoms with Crippen LogP contribution in [-0.2, 0) is 4.79 Å². The minimum Gasteiger partial charge on any atom is -0.299 e. The predicted molar refractivity (Wildman–Crippen MR) is 80.8 cm³/mol. The second-order valence-electron chi connectivity index (χ2n) is 5.48. The first-order valence-electron chi connectivity index (χ1n) is 7.86. The molecule has 0 bridgehead atoms. The van der Waals surface area contributed by atoms with E-state index in [9.17, 15) is 4.79 Å². The number of allylic oxidation sites excluding steroid dienone is 1. The molecule has 0 aliphatic rings. The summed E-state index contributed by atoms with van der Waals surface area (Å²) in [6.45, 7) is 7.92. The first kappa shape index (κ1) is 17.4. The maximum absolute atomic E-state index is 11.5. The quantitative estimate of drug-likeness (QED) is 0.304. The van der Waals surface area contributed by atoms with E-state index < -0.39 is 0 Å². The highest BCUT2D eigenvalue weighted by atomic mass is 16.1. The molecule has 1 nitrogen and oxygen atoms in total. The lowest BCUT2D eigenvalue weighted by molar-refractivity contribution is -0.121. The summed E-state index contributed by atoms with van der Waals surface area (Å²) >= 11 is 0. The van der Waals surface area contributed by atoms with Crippen LogP contribution in [-0.4, -0.2) is 5.78 Å². The van der Waals surface area contributed by atoms with Crippen molar-refractivity contribution in [1.82, 2.24) is 0 Å². The molecule has 0 amide bonds. The van der Waals surface area contributed by atoms with E-state index in [1.54, 1.807) is 6.08 Å². The molecule has 0 spiro atoms. The van der Waals surface area contributed by atoms with E-state index in [4.69, 9.17) is 0 Å². The van der Waals surface area contributed by atoms with Crippen LogP contribution in [0.2, 0.25) is 0 Å². The average molecular weight is 252 g/mol. The van der Waals surface area contributed by atoms with Crippen LogP contribution in [0, 0.1) is 5.92 Å². The zero-order chi connectivity index (χ0) is 13.6. The van der Waals surface area contributed by atoms with Crippen LogP contribution in [0.3, 0.4) is 0 Å². The molecule has 0 unspecified atom stereocenters. The second-order valence-corrected chi connectivity index (χ2v) is 5.48. The third-order valence-corrected chi connectivity index (χ3v) is 3.64. The summed E-state index contributed by atoms with van der Waals surface area (Å²) in [7, 11) is 0. The SMILES string of the molecule is C=CCC(=O)[C@H](C)CCCCCCCCCCC. The molecule has 0 N–H and O–H groups in total. The molecular weight excluding hydrogens is 220 g/mol. The zero-order valence-electron chi connectivity index (χ0n) is 12.5. The van der Waals surface area contributed by atoms with Crippen molar-refractivity contribution in [3.63, 3.8) is 0 Å². The van der Waals surface area contributed by atoms with E-state index in [1.807, 2.05) is 0 Å². The molecule has 106 valence electrons. The third-order valence-electron chi connectivity index (χ3n) is 3.64. The summed E-state index contributed by atoms with van der Waals surface area (Å²) < 4.78 is 0. The van der Waals surface area contributed by atoms with Crippen molar-refractivity contribution in [1.29, 1.82) is 0 Å². The average Bonchev–Trinajstić information content (AvgIpc) is 2.36. The Balaban J connectivity index is 3.24. The molecule has 1 heteroatoms. The van der Waals surface area contributed by atoms with Crippen molar-refractivity contribution in [2.24, 2.45) is 5.92 Å². The van der Waals surface area contributed by atoms with Crippen LogP contribution >= 0.6 is 0 Å². The first-order valence-corrected chi connectivity index (χ1v) is 7.86. The van der Waals surface area contributed by atoms with Crippen LogP contribution in [0.25, 0.3) is 0 Å². The highest BCUT2D eigenvalue weighted by Crippen LogP contribution is 2.14. The molecule has 0 aromatic carbocycles. The van der Waals surface area contributed by atoms with Crippen molar-refractivity contribution in [3.05, 3.63) is 12.7 Å². The van der Waals surface area contributed by atoms with Gasteiger partial charge in [-0.3, -0.25) is 4.79 Å². The van der Waals surface area contributed by atoms with Crippen LogP contribution in [0.4, 0.5) is 0 Å². The Kier molecular flexibility index (Phi) is 12.4. The molecule has 18 heavy (non-hydrogen) atoms. The maximum Gasteiger partial charge on any atom is 0.139 e. The molecule has 1 atom stereocenters. The number of carbonyl (C=O) groups is 1. The molecular formula is C17H32O. The highest BCUT2D eigenvalue weighted by molar-refractivity contribution is 5.81. The Labute approximate surface area is 114 Å². The lowest BCUT2D eigenvalue weighted by atomic mass is 9.96. The molecule has 0 aromatic rings. The van der Waals surface area contributed by atoms with Crippen molar-refractivity contribution in [2.45, 2.75) is 84.5 Å². The number of hydrogen-bond donors (Lipinski definition) is 0. The van der Waals surface area contributed by atoms with Gasteiger partial charge in [-0.1, -0.05) is 77.7 Å². The predicted octanol–water partition coefficient (Wildman–Crippen LogP) is 5.69. The van der Waals surface area contributed by atoms with Crippen molar-refractivity contribution >= 4 is 5.78 Å². The van der Waals surface area contributed by atoms with Crippen LogP contribution < -0.4 is 0 Å². The summed E-state index contributed by atoms with van der Waals surface area (Å²) in [5.74, 6) is 0.581. The number of rotatable bonds is 13. The van der Waals surface area contributed by atoms with Gasteiger partial charge in [-0.25, -0.2) is 0 Å². The molecule has 0 rings (SSSR count). The fourth-order valence-electron chi connectivity index (χ4n) is 2.27. The van der Waals surface area contributed by atoms with Crippen molar-refractivity contribution in [2.75, 3.05) is 0 Å². The Bertz CT molecular complexity index is 208. The summed E-state index contributed by atoms with van der Waals surface area (Å²) in [6, 6.07) is 0. The van der Waals surface area contributed by atoms with Crippen LogP contribution in [0.15, 0.2) is 12.7 Å². The highest BCUT2D eigenvalue weighted by Gasteiger charge is 2.09. The number of carbonyl (C=O) groups excluding carboxylic acids is 1. The van der Waals surface area contributed by atoms with Gasteiger partial charge in [0, 0.05) is 12.3 Å². The van der Waals surface area contributed by atoms with Gasteiger partial charge in [-0.15, -0.1) is 6.58 Å². The zero-order valence-corrected chi connectivity index (χ0v) is 12.5. The minimum atomic E-state index is 0.229. The molecule has 0 saturated carbocycles. The van der Waals surface area contributed by atoms with Gasteiger partial charge >= 0.3 is 0 Å². The van der Waals surface area contributed by atoms with E-state index in [1.165, 1.54) is 57.8 Å². The fourth-order valence-corrected chi connectivity index (χ4v) is 2.27. The summed E-state index contributed by atoms with van der Waals surface area (Å²) in [6.07, 6.45) is 15.5. The van der Waals surface area contributed by atoms with E-state index in [-0.39, 0.29) is 5.92 Å². The summed E-state index contributed by atoms with van der Waals surface area (Å²) in [5, 5.41) is 0. The van der Waals surface area contributed by atoms with E-state index in [0.29, 0.717) is 12.2 Å². The van der Waals surface area contributed by atoms with Gasteiger partial charge in [0.1, 0.15) is 5.78 Å². The number of Topliss-reactive ketones (excluding diaryl/α,β-unsaturated/α-hetero) is 1.